The van der Waals surface area contributed by atoms with Crippen LogP contribution >= 0.6 is 0 Å². The second-order valence-electron chi connectivity index (χ2n) is 6.03. The molecule has 1 aromatic heterocycles. The van der Waals surface area contributed by atoms with E-state index in [9.17, 15) is 0 Å². The normalized spacial score (nSPS) is 22.2. The Hall–Kier alpha value is -1.91. The third-order valence-corrected chi connectivity index (χ3v) is 4.59. The van der Waals surface area contributed by atoms with Gasteiger partial charge in [-0.3, -0.25) is 0 Å². The first-order chi connectivity index (χ1) is 10.3. The van der Waals surface area contributed by atoms with Crippen molar-refractivity contribution >= 4 is 5.69 Å². The Labute approximate surface area is 125 Å². The summed E-state index contributed by atoms with van der Waals surface area (Å²) >= 11 is 0. The molecule has 1 saturated carbocycles. The molecule has 0 spiro atoms. The molecule has 1 fully saturated rings. The minimum atomic E-state index is 0.617. The Morgan fingerprint density at radius 3 is 2.67 bits per heavy atom. The average molecular weight is 285 g/mol. The summed E-state index contributed by atoms with van der Waals surface area (Å²) in [4.78, 5) is 0. The van der Waals surface area contributed by atoms with E-state index >= 15 is 0 Å². The van der Waals surface area contributed by atoms with Crippen LogP contribution in [0.25, 0.3) is 5.69 Å². The standard InChI is InChI=1S/C16H23N5/c1-3-13-4-6-14(7-5-13)18-15-8-9-16(12(2)10-15)21-11-17-19-20-21/h8-11,13-14,18H,3-7H2,1-2H3. The second kappa shape index (κ2) is 6.24. The van der Waals surface area contributed by atoms with Crippen LogP contribution in [-0.2, 0) is 0 Å². The first-order valence-corrected chi connectivity index (χ1v) is 7.87. The molecule has 21 heavy (non-hydrogen) atoms. The Kier molecular flexibility index (Phi) is 4.18. The molecule has 5 nitrogen and oxygen atoms in total. The number of rotatable bonds is 4. The number of aryl methyl sites for hydroxylation is 1. The van der Waals surface area contributed by atoms with Crippen LogP contribution in [0.4, 0.5) is 5.69 Å². The molecule has 2 aromatic rings. The Morgan fingerprint density at radius 2 is 2.05 bits per heavy atom. The zero-order valence-electron chi connectivity index (χ0n) is 12.8. The predicted molar refractivity (Wildman–Crippen MR) is 83.6 cm³/mol. The van der Waals surface area contributed by atoms with Gasteiger partial charge in [0, 0.05) is 11.7 Å². The molecule has 1 aliphatic rings. The third-order valence-electron chi connectivity index (χ3n) is 4.59. The number of benzene rings is 1. The van der Waals surface area contributed by atoms with Crippen molar-refractivity contribution in [2.24, 2.45) is 5.92 Å². The van der Waals surface area contributed by atoms with Crippen LogP contribution in [-0.4, -0.2) is 26.2 Å². The topological polar surface area (TPSA) is 55.6 Å². The number of aromatic nitrogens is 4. The molecule has 3 rings (SSSR count). The van der Waals surface area contributed by atoms with Gasteiger partial charge in [0.2, 0.25) is 0 Å². The highest BCUT2D eigenvalue weighted by Gasteiger charge is 2.19. The van der Waals surface area contributed by atoms with Crippen molar-refractivity contribution in [2.45, 2.75) is 52.0 Å². The van der Waals surface area contributed by atoms with Gasteiger partial charge in [-0.2, -0.15) is 0 Å². The molecule has 0 saturated heterocycles. The van der Waals surface area contributed by atoms with Gasteiger partial charge in [0.05, 0.1) is 5.69 Å². The smallest absolute Gasteiger partial charge is 0.143 e. The number of tetrazole rings is 1. The molecule has 1 heterocycles. The summed E-state index contributed by atoms with van der Waals surface area (Å²) in [6, 6.07) is 7.00. The van der Waals surface area contributed by atoms with Gasteiger partial charge in [0.25, 0.3) is 0 Å². The summed E-state index contributed by atoms with van der Waals surface area (Å²) in [7, 11) is 0. The molecule has 1 aromatic carbocycles. The van der Waals surface area contributed by atoms with Crippen molar-refractivity contribution in [1.82, 2.24) is 20.2 Å². The van der Waals surface area contributed by atoms with Crippen molar-refractivity contribution < 1.29 is 0 Å². The Balaban J connectivity index is 1.66. The van der Waals surface area contributed by atoms with E-state index in [-0.39, 0.29) is 0 Å². The van der Waals surface area contributed by atoms with Crippen LogP contribution in [0.3, 0.4) is 0 Å². The van der Waals surface area contributed by atoms with Gasteiger partial charge in [-0.1, -0.05) is 13.3 Å². The molecule has 0 bridgehead atoms. The van der Waals surface area contributed by atoms with E-state index in [0.717, 1.165) is 11.6 Å². The largest absolute Gasteiger partial charge is 0.382 e. The van der Waals surface area contributed by atoms with Gasteiger partial charge < -0.3 is 5.32 Å². The highest BCUT2D eigenvalue weighted by atomic mass is 15.5. The average Bonchev–Trinajstić information content (AvgIpc) is 3.02. The van der Waals surface area contributed by atoms with E-state index < -0.39 is 0 Å². The van der Waals surface area contributed by atoms with E-state index in [0.29, 0.717) is 6.04 Å². The maximum atomic E-state index is 3.95. The maximum absolute atomic E-state index is 3.95. The van der Waals surface area contributed by atoms with Crippen LogP contribution in [0.15, 0.2) is 24.5 Å². The number of nitrogens with one attached hydrogen (secondary N) is 1. The predicted octanol–water partition coefficient (Wildman–Crippen LogP) is 3.35. The summed E-state index contributed by atoms with van der Waals surface area (Å²) in [6.45, 7) is 4.40. The molecule has 0 amide bonds. The molecule has 0 unspecified atom stereocenters. The fourth-order valence-electron chi connectivity index (χ4n) is 3.22. The molecular weight excluding hydrogens is 262 g/mol. The second-order valence-corrected chi connectivity index (χ2v) is 6.03. The highest BCUT2D eigenvalue weighted by molar-refractivity contribution is 5.53. The quantitative estimate of drug-likeness (QED) is 0.936. The van der Waals surface area contributed by atoms with Crippen molar-refractivity contribution in [1.29, 1.82) is 0 Å². The van der Waals surface area contributed by atoms with Crippen molar-refractivity contribution in [3.63, 3.8) is 0 Å². The molecule has 0 aliphatic heterocycles. The number of nitrogens with zero attached hydrogens (tertiary/aromatic N) is 4. The molecule has 5 heteroatoms. The highest BCUT2D eigenvalue weighted by Crippen LogP contribution is 2.29. The van der Waals surface area contributed by atoms with Gasteiger partial charge in [0.1, 0.15) is 6.33 Å². The Bertz CT molecular complexity index is 570. The van der Waals surface area contributed by atoms with Crippen molar-refractivity contribution in [3.8, 4) is 5.69 Å². The van der Waals surface area contributed by atoms with Crippen molar-refractivity contribution in [2.75, 3.05) is 5.32 Å². The number of hydrogen-bond donors (Lipinski definition) is 1. The lowest BCUT2D eigenvalue weighted by molar-refractivity contribution is 0.330. The summed E-state index contributed by atoms with van der Waals surface area (Å²) in [6.07, 6.45) is 8.23. The van der Waals surface area contributed by atoms with E-state index in [4.69, 9.17) is 0 Å². The minimum absolute atomic E-state index is 0.617. The fourth-order valence-corrected chi connectivity index (χ4v) is 3.22. The van der Waals surface area contributed by atoms with Gasteiger partial charge in [-0.05, 0) is 72.7 Å². The van der Waals surface area contributed by atoms with Crippen LogP contribution < -0.4 is 5.32 Å². The number of anilines is 1. The van der Waals surface area contributed by atoms with Gasteiger partial charge in [-0.15, -0.1) is 5.10 Å². The summed E-state index contributed by atoms with van der Waals surface area (Å²) in [5.74, 6) is 0.937. The van der Waals surface area contributed by atoms with Crippen molar-refractivity contribution in [3.05, 3.63) is 30.1 Å². The van der Waals surface area contributed by atoms with Gasteiger partial charge in [0.15, 0.2) is 0 Å². The number of hydrogen-bond acceptors (Lipinski definition) is 4. The van der Waals surface area contributed by atoms with Crippen LogP contribution in [0.2, 0.25) is 0 Å². The zero-order valence-corrected chi connectivity index (χ0v) is 12.8. The van der Waals surface area contributed by atoms with E-state index in [1.165, 1.54) is 43.4 Å². The van der Waals surface area contributed by atoms with E-state index in [2.05, 4.69) is 52.9 Å². The van der Waals surface area contributed by atoms with Gasteiger partial charge >= 0.3 is 0 Å². The molecular formula is C16H23N5. The lowest BCUT2D eigenvalue weighted by Crippen LogP contribution is -2.25. The lowest BCUT2D eigenvalue weighted by atomic mass is 9.84. The van der Waals surface area contributed by atoms with E-state index in [1.807, 2.05) is 0 Å². The monoisotopic (exact) mass is 285 g/mol. The first kappa shape index (κ1) is 14.0. The molecule has 112 valence electrons. The van der Waals surface area contributed by atoms with Gasteiger partial charge in [-0.25, -0.2) is 4.68 Å². The van der Waals surface area contributed by atoms with Crippen LogP contribution in [0.1, 0.15) is 44.6 Å². The minimum Gasteiger partial charge on any atom is -0.382 e. The Morgan fingerprint density at radius 1 is 1.24 bits per heavy atom. The summed E-state index contributed by atoms with van der Waals surface area (Å²) < 4.78 is 1.70. The molecule has 0 atom stereocenters. The first-order valence-electron chi connectivity index (χ1n) is 7.87. The lowest BCUT2D eigenvalue weighted by Gasteiger charge is -2.29. The SMILES string of the molecule is CCC1CCC(Nc2ccc(-n3cnnn3)c(C)c2)CC1. The fraction of sp³-hybridized carbons (Fsp3) is 0.562. The maximum Gasteiger partial charge on any atom is 0.143 e. The molecule has 1 N–H and O–H groups in total. The zero-order chi connectivity index (χ0) is 14.7. The molecule has 1 aliphatic carbocycles. The molecule has 0 radical (unpaired) electrons. The summed E-state index contributed by atoms with van der Waals surface area (Å²) in [5, 5.41) is 15.0. The van der Waals surface area contributed by atoms with Crippen LogP contribution in [0, 0.1) is 12.8 Å². The van der Waals surface area contributed by atoms with E-state index in [1.54, 1.807) is 11.0 Å². The third kappa shape index (κ3) is 3.23. The van der Waals surface area contributed by atoms with Crippen LogP contribution in [0.5, 0.6) is 0 Å². The summed E-state index contributed by atoms with van der Waals surface area (Å²) in [5.41, 5.74) is 3.40.